The van der Waals surface area contributed by atoms with Gasteiger partial charge < -0.3 is 29.1 Å². The third kappa shape index (κ3) is 10.9. The first-order valence-electron chi connectivity index (χ1n) is 22.9. The number of carboxylic acids is 2. The van der Waals surface area contributed by atoms with Crippen LogP contribution >= 0.6 is 46.4 Å². The number of hydrogen-bond donors (Lipinski definition) is 2. The van der Waals surface area contributed by atoms with Crippen LogP contribution in [0.25, 0.3) is 21.8 Å². The number of alkyl halides is 6. The Bertz CT molecular complexity index is 2940. The maximum atomic E-state index is 13.3. The number of benzene rings is 4. The Morgan fingerprint density at radius 3 is 1.24 bits per heavy atom. The number of rotatable bonds is 8. The first kappa shape index (κ1) is 54.4. The van der Waals surface area contributed by atoms with Crippen LogP contribution in [0.2, 0.25) is 20.1 Å². The van der Waals surface area contributed by atoms with E-state index < -0.39 is 47.3 Å². The lowest BCUT2D eigenvalue weighted by atomic mass is 9.86. The van der Waals surface area contributed by atoms with Gasteiger partial charge in [0.15, 0.2) is 0 Å². The molecule has 4 atom stereocenters. The largest absolute Gasteiger partial charge is 0.481 e. The fourth-order valence-electron chi connectivity index (χ4n) is 9.94. The number of fused-ring (bicyclic) bond motifs is 2. The van der Waals surface area contributed by atoms with Crippen LogP contribution in [0.4, 0.5) is 26.3 Å². The van der Waals surface area contributed by atoms with Crippen LogP contribution in [0.5, 0.6) is 0 Å². The lowest BCUT2D eigenvalue weighted by molar-refractivity contribution is -0.146. The van der Waals surface area contributed by atoms with Gasteiger partial charge in [0.2, 0.25) is 0 Å². The van der Waals surface area contributed by atoms with Crippen LogP contribution in [0.3, 0.4) is 0 Å². The SMILES string of the molecule is Cc1cc(C(F)(F)F)cc2c1cc(Cc1c(Cl)ccc(C(=O)N3CC[C@@H](C(=O)O)[C@@H](C)C3)c1Cl)n2C.Cc1cc(C(F)(F)F)cc2c1cc(Cc1c(Cl)ccc(C(=O)N3CC[C@H](C(=O)O)[C@H](C)C3)c1Cl)n2C. The zero-order valence-corrected chi connectivity index (χ0v) is 42.9. The third-order valence-corrected chi connectivity index (χ3v) is 15.7. The van der Waals surface area contributed by atoms with E-state index in [4.69, 9.17) is 46.4 Å². The number of nitrogens with zero attached hydrogens (tertiary/aromatic N) is 4. The molecule has 2 saturated heterocycles. The molecule has 2 aliphatic heterocycles. The molecule has 20 heteroatoms. The van der Waals surface area contributed by atoms with E-state index >= 15 is 0 Å². The Morgan fingerprint density at radius 2 is 0.931 bits per heavy atom. The summed E-state index contributed by atoms with van der Waals surface area (Å²) >= 11 is 26.3. The second-order valence-electron chi connectivity index (χ2n) is 18.9. The van der Waals surface area contributed by atoms with Crippen molar-refractivity contribution in [1.82, 2.24) is 18.9 Å². The highest BCUT2D eigenvalue weighted by molar-refractivity contribution is 6.39. The van der Waals surface area contributed by atoms with Gasteiger partial charge in [0.25, 0.3) is 11.8 Å². The lowest BCUT2D eigenvalue weighted by Crippen LogP contribution is -2.45. The summed E-state index contributed by atoms with van der Waals surface area (Å²) in [5.41, 5.74) is 3.33. The van der Waals surface area contributed by atoms with E-state index in [-0.39, 0.29) is 57.7 Å². The molecule has 2 aromatic heterocycles. The van der Waals surface area contributed by atoms with Crippen molar-refractivity contribution >= 4 is 92.0 Å². The molecule has 384 valence electrons. The van der Waals surface area contributed by atoms with Crippen molar-refractivity contribution in [3.8, 4) is 0 Å². The zero-order chi connectivity index (χ0) is 53.0. The molecule has 0 bridgehead atoms. The number of likely N-dealkylation sites (tertiary alicyclic amines) is 2. The molecule has 0 saturated carbocycles. The van der Waals surface area contributed by atoms with E-state index in [9.17, 15) is 55.7 Å². The fourth-order valence-corrected chi connectivity index (χ4v) is 11.1. The Hall–Kier alpha value is -5.42. The number of hydrogen-bond acceptors (Lipinski definition) is 4. The molecule has 2 aliphatic rings. The van der Waals surface area contributed by atoms with Crippen molar-refractivity contribution in [2.75, 3.05) is 26.2 Å². The van der Waals surface area contributed by atoms with Gasteiger partial charge in [-0.05, 0) is 121 Å². The molecule has 2 amide bonds. The van der Waals surface area contributed by atoms with E-state index in [1.807, 2.05) is 12.1 Å². The molecular formula is C52H50Cl4F6N4O6. The number of carbonyl (C=O) groups is 4. The molecule has 10 nitrogen and oxygen atoms in total. The number of amides is 2. The van der Waals surface area contributed by atoms with Crippen LogP contribution in [0.15, 0.2) is 60.7 Å². The molecule has 4 heterocycles. The van der Waals surface area contributed by atoms with E-state index in [0.29, 0.717) is 105 Å². The maximum Gasteiger partial charge on any atom is 0.416 e. The summed E-state index contributed by atoms with van der Waals surface area (Å²) in [7, 11) is 3.37. The van der Waals surface area contributed by atoms with Gasteiger partial charge >= 0.3 is 24.3 Å². The molecule has 0 radical (unpaired) electrons. The standard InChI is InChI=1S/2C26H25Cl2F3N2O3/c2*1-13-8-15(26(29,30)31)9-22-19(13)10-16(32(22)3)11-20-21(27)5-4-18(23(20)28)24(34)33-7-6-17(25(35)36)14(2)12-33/h2*4-5,8-10,14,17H,6-7,11-12H2,1-3H3,(H,35,36)/t2*14-,17+/m10/s1. The van der Waals surface area contributed by atoms with Gasteiger partial charge in [0, 0.05) is 96.4 Å². The van der Waals surface area contributed by atoms with Gasteiger partial charge in [-0.3, -0.25) is 19.2 Å². The zero-order valence-electron chi connectivity index (χ0n) is 39.8. The van der Waals surface area contributed by atoms with E-state index in [1.165, 1.54) is 0 Å². The maximum absolute atomic E-state index is 13.3. The van der Waals surface area contributed by atoms with Crippen LogP contribution in [0.1, 0.15) is 92.2 Å². The Balaban J connectivity index is 0.000000211. The van der Waals surface area contributed by atoms with Crippen molar-refractivity contribution in [1.29, 1.82) is 0 Å². The third-order valence-electron chi connectivity index (χ3n) is 14.2. The first-order valence-corrected chi connectivity index (χ1v) is 24.4. The van der Waals surface area contributed by atoms with E-state index in [0.717, 1.165) is 24.3 Å². The average Bonchev–Trinajstić information content (AvgIpc) is 3.80. The summed E-state index contributed by atoms with van der Waals surface area (Å²) < 4.78 is 83.4. The number of aryl methyl sites for hydroxylation is 4. The monoisotopic (exact) mass is 1080 g/mol. The summed E-state index contributed by atoms with van der Waals surface area (Å²) in [6, 6.07) is 14.4. The smallest absolute Gasteiger partial charge is 0.416 e. The minimum Gasteiger partial charge on any atom is -0.481 e. The van der Waals surface area contributed by atoms with E-state index in [1.54, 1.807) is 85.0 Å². The Labute approximate surface area is 431 Å². The number of piperidine rings is 2. The molecule has 2 N–H and O–H groups in total. The van der Waals surface area contributed by atoms with Gasteiger partial charge in [0.1, 0.15) is 0 Å². The Morgan fingerprint density at radius 1 is 0.583 bits per heavy atom. The van der Waals surface area contributed by atoms with E-state index in [2.05, 4.69) is 0 Å². The molecular weight excluding hydrogens is 1030 g/mol. The molecule has 0 unspecified atom stereocenters. The minimum atomic E-state index is -4.46. The summed E-state index contributed by atoms with van der Waals surface area (Å²) in [5.74, 6) is -3.76. The van der Waals surface area contributed by atoms with Crippen LogP contribution < -0.4 is 0 Å². The van der Waals surface area contributed by atoms with Gasteiger partial charge in [0.05, 0.1) is 44.1 Å². The van der Waals surface area contributed by atoms with Gasteiger partial charge in [-0.25, -0.2) is 0 Å². The summed E-state index contributed by atoms with van der Waals surface area (Å²) in [4.78, 5) is 52.6. The molecule has 0 spiro atoms. The topological polar surface area (TPSA) is 125 Å². The normalized spacial score (nSPS) is 18.6. The molecule has 72 heavy (non-hydrogen) atoms. The highest BCUT2D eigenvalue weighted by atomic mass is 35.5. The predicted octanol–water partition coefficient (Wildman–Crippen LogP) is 13.2. The minimum absolute atomic E-state index is 0.179. The molecule has 2 fully saturated rings. The highest BCUT2D eigenvalue weighted by Crippen LogP contribution is 2.39. The van der Waals surface area contributed by atoms with Crippen molar-refractivity contribution in [3.63, 3.8) is 0 Å². The molecule has 4 aromatic carbocycles. The Kier molecular flexibility index (Phi) is 15.7. The number of carbonyl (C=O) groups excluding carboxylic acids is 2. The van der Waals surface area contributed by atoms with Crippen molar-refractivity contribution in [2.45, 2.75) is 65.7 Å². The quantitative estimate of drug-likeness (QED) is 0.146. The molecule has 6 aromatic rings. The second kappa shape index (κ2) is 20.8. The lowest BCUT2D eigenvalue weighted by Gasteiger charge is -2.35. The van der Waals surface area contributed by atoms with Crippen LogP contribution in [-0.2, 0) is 48.9 Å². The average molecular weight is 1080 g/mol. The molecule has 0 aliphatic carbocycles. The highest BCUT2D eigenvalue weighted by Gasteiger charge is 2.37. The summed E-state index contributed by atoms with van der Waals surface area (Å²) in [6.45, 7) is 8.09. The van der Waals surface area contributed by atoms with Crippen molar-refractivity contribution in [2.24, 2.45) is 37.8 Å². The van der Waals surface area contributed by atoms with Crippen molar-refractivity contribution < 1.29 is 55.7 Å². The van der Waals surface area contributed by atoms with Crippen molar-refractivity contribution in [3.05, 3.63) is 137 Å². The summed E-state index contributed by atoms with van der Waals surface area (Å²) in [6.07, 6.45) is -7.78. The van der Waals surface area contributed by atoms with Gasteiger partial charge in [-0.15, -0.1) is 0 Å². The first-order chi connectivity index (χ1) is 33.6. The number of carboxylic acid groups (broad SMARTS) is 2. The van der Waals surface area contributed by atoms with Crippen LogP contribution in [-0.4, -0.2) is 79.1 Å². The summed E-state index contributed by atoms with van der Waals surface area (Å²) in [5, 5.41) is 21.1. The number of aliphatic carboxylic acids is 2. The predicted molar refractivity (Wildman–Crippen MR) is 265 cm³/mol. The molecule has 8 rings (SSSR count). The number of halogens is 10. The van der Waals surface area contributed by atoms with Crippen LogP contribution in [0, 0.1) is 37.5 Å². The second-order valence-corrected chi connectivity index (χ2v) is 20.5. The van der Waals surface area contributed by atoms with Gasteiger partial charge in [-0.2, -0.15) is 26.3 Å². The fraction of sp³-hybridized carbons (Fsp3) is 0.385. The number of aromatic nitrogens is 2. The van der Waals surface area contributed by atoms with Gasteiger partial charge in [-0.1, -0.05) is 60.3 Å².